The molecule has 22 heavy (non-hydrogen) atoms. The lowest BCUT2D eigenvalue weighted by Gasteiger charge is -2.13. The van der Waals surface area contributed by atoms with Crippen LogP contribution in [-0.2, 0) is 14.3 Å². The highest BCUT2D eigenvalue weighted by atomic mass is 35.5. The summed E-state index contributed by atoms with van der Waals surface area (Å²) in [4.78, 5) is 36.0. The molecule has 2 rings (SSSR count). The van der Waals surface area contributed by atoms with Crippen LogP contribution in [0.1, 0.15) is 5.56 Å². The molecule has 0 aliphatic carbocycles. The Balaban J connectivity index is 1.76. The van der Waals surface area contributed by atoms with E-state index in [1.54, 1.807) is 18.2 Å². The zero-order valence-electron chi connectivity index (χ0n) is 11.9. The number of thioether (sulfide) groups is 1. The standard InChI is InChI=1S/C14H15ClN2O4S/c1-9-2-3-10(6-11(9)15)16-12(18)8-21-13(19)7-17-4-5-22-14(17)20/h2-3,6H,4-5,7-8H2,1H3,(H,16,18). The molecule has 1 N–H and O–H groups in total. The molecule has 1 aliphatic rings. The summed E-state index contributed by atoms with van der Waals surface area (Å²) in [6, 6.07) is 5.11. The van der Waals surface area contributed by atoms with E-state index in [1.165, 1.54) is 4.90 Å². The smallest absolute Gasteiger partial charge is 0.326 e. The van der Waals surface area contributed by atoms with Crippen molar-refractivity contribution in [2.45, 2.75) is 6.92 Å². The summed E-state index contributed by atoms with van der Waals surface area (Å²) in [6.07, 6.45) is 0. The second kappa shape index (κ2) is 7.51. The maximum atomic E-state index is 11.7. The number of rotatable bonds is 5. The second-order valence-electron chi connectivity index (χ2n) is 4.71. The van der Waals surface area contributed by atoms with Gasteiger partial charge in [-0.25, -0.2) is 0 Å². The monoisotopic (exact) mass is 342 g/mol. The van der Waals surface area contributed by atoms with Crippen LogP contribution in [0.3, 0.4) is 0 Å². The minimum Gasteiger partial charge on any atom is -0.454 e. The molecule has 8 heteroatoms. The van der Waals surface area contributed by atoms with Crippen LogP contribution in [0.5, 0.6) is 0 Å². The average molecular weight is 343 g/mol. The number of anilines is 1. The fourth-order valence-corrected chi connectivity index (χ4v) is 2.79. The van der Waals surface area contributed by atoms with Gasteiger partial charge in [-0.2, -0.15) is 0 Å². The van der Waals surface area contributed by atoms with Gasteiger partial charge in [-0.1, -0.05) is 29.4 Å². The van der Waals surface area contributed by atoms with Crippen molar-refractivity contribution in [1.29, 1.82) is 0 Å². The number of benzene rings is 1. The van der Waals surface area contributed by atoms with E-state index in [2.05, 4.69) is 5.32 Å². The molecule has 1 saturated heterocycles. The third-order valence-corrected chi connectivity index (χ3v) is 4.28. The Kier molecular flexibility index (Phi) is 5.68. The fraction of sp³-hybridized carbons (Fsp3) is 0.357. The lowest BCUT2D eigenvalue weighted by atomic mass is 10.2. The van der Waals surface area contributed by atoms with Crippen LogP contribution in [0, 0.1) is 6.92 Å². The van der Waals surface area contributed by atoms with Gasteiger partial charge in [-0.3, -0.25) is 14.4 Å². The van der Waals surface area contributed by atoms with E-state index in [0.29, 0.717) is 23.0 Å². The molecule has 118 valence electrons. The maximum absolute atomic E-state index is 11.7. The van der Waals surface area contributed by atoms with Gasteiger partial charge in [-0.15, -0.1) is 0 Å². The molecule has 0 aromatic heterocycles. The Labute approximate surface area is 137 Å². The Bertz CT molecular complexity index is 609. The summed E-state index contributed by atoms with van der Waals surface area (Å²) >= 11 is 7.12. The summed E-state index contributed by atoms with van der Waals surface area (Å²) in [5.74, 6) is -0.399. The SMILES string of the molecule is Cc1ccc(NC(=O)COC(=O)CN2CCSC2=O)cc1Cl. The molecule has 0 unspecified atom stereocenters. The van der Waals surface area contributed by atoms with E-state index in [1.807, 2.05) is 6.92 Å². The summed E-state index contributed by atoms with van der Waals surface area (Å²) in [5.41, 5.74) is 1.43. The van der Waals surface area contributed by atoms with E-state index >= 15 is 0 Å². The number of halogens is 1. The highest BCUT2D eigenvalue weighted by Crippen LogP contribution is 2.20. The van der Waals surface area contributed by atoms with Crippen molar-refractivity contribution >= 4 is 46.2 Å². The van der Waals surface area contributed by atoms with Crippen molar-refractivity contribution in [3.8, 4) is 0 Å². The van der Waals surface area contributed by atoms with Gasteiger partial charge >= 0.3 is 5.97 Å². The van der Waals surface area contributed by atoms with Crippen LogP contribution < -0.4 is 5.32 Å². The zero-order valence-corrected chi connectivity index (χ0v) is 13.5. The Morgan fingerprint density at radius 1 is 1.45 bits per heavy atom. The number of ether oxygens (including phenoxy) is 1. The summed E-state index contributed by atoms with van der Waals surface area (Å²) in [5, 5.41) is 2.98. The third kappa shape index (κ3) is 4.64. The number of amides is 2. The Morgan fingerprint density at radius 3 is 2.86 bits per heavy atom. The van der Waals surface area contributed by atoms with Crippen LogP contribution >= 0.6 is 23.4 Å². The van der Waals surface area contributed by atoms with Gasteiger partial charge in [-0.05, 0) is 24.6 Å². The van der Waals surface area contributed by atoms with Gasteiger partial charge in [0.15, 0.2) is 6.61 Å². The number of nitrogens with zero attached hydrogens (tertiary/aromatic N) is 1. The van der Waals surface area contributed by atoms with Crippen molar-refractivity contribution in [3.63, 3.8) is 0 Å². The molecule has 1 fully saturated rings. The summed E-state index contributed by atoms with van der Waals surface area (Å²) < 4.78 is 4.85. The molecule has 2 amide bonds. The highest BCUT2D eigenvalue weighted by molar-refractivity contribution is 8.13. The van der Waals surface area contributed by atoms with E-state index in [-0.39, 0.29) is 11.8 Å². The number of hydrogen-bond donors (Lipinski definition) is 1. The van der Waals surface area contributed by atoms with Crippen LogP contribution in [0.15, 0.2) is 18.2 Å². The van der Waals surface area contributed by atoms with Crippen LogP contribution in [0.4, 0.5) is 10.5 Å². The van der Waals surface area contributed by atoms with Crippen LogP contribution in [-0.4, -0.2) is 47.5 Å². The normalized spacial score (nSPS) is 14.1. The quantitative estimate of drug-likeness (QED) is 0.831. The Morgan fingerprint density at radius 2 is 2.23 bits per heavy atom. The summed E-state index contributed by atoms with van der Waals surface area (Å²) in [7, 11) is 0. The van der Waals surface area contributed by atoms with Crippen molar-refractivity contribution < 1.29 is 19.1 Å². The van der Waals surface area contributed by atoms with Gasteiger partial charge in [0, 0.05) is 23.0 Å². The molecular weight excluding hydrogens is 328 g/mol. The Hall–Kier alpha value is -1.73. The first-order valence-corrected chi connectivity index (χ1v) is 7.95. The van der Waals surface area contributed by atoms with E-state index < -0.39 is 18.5 Å². The number of esters is 1. The molecule has 1 aromatic rings. The molecule has 0 radical (unpaired) electrons. The topological polar surface area (TPSA) is 75.7 Å². The number of aryl methyl sites for hydroxylation is 1. The third-order valence-electron chi connectivity index (χ3n) is 2.98. The van der Waals surface area contributed by atoms with Gasteiger partial charge in [0.2, 0.25) is 0 Å². The highest BCUT2D eigenvalue weighted by Gasteiger charge is 2.24. The van der Waals surface area contributed by atoms with Crippen molar-refractivity contribution in [2.24, 2.45) is 0 Å². The molecule has 6 nitrogen and oxygen atoms in total. The predicted octanol–water partition coefficient (Wildman–Crippen LogP) is 2.30. The minimum atomic E-state index is -0.604. The fourth-order valence-electron chi connectivity index (χ4n) is 1.78. The maximum Gasteiger partial charge on any atom is 0.326 e. The number of nitrogens with one attached hydrogen (secondary N) is 1. The molecular formula is C14H15ClN2O4S. The predicted molar refractivity (Wildman–Crippen MR) is 85.2 cm³/mol. The molecule has 0 atom stereocenters. The molecule has 1 aliphatic heterocycles. The lowest BCUT2D eigenvalue weighted by Crippen LogP contribution is -2.32. The van der Waals surface area contributed by atoms with E-state index in [4.69, 9.17) is 16.3 Å². The molecule has 0 bridgehead atoms. The van der Waals surface area contributed by atoms with Gasteiger partial charge < -0.3 is 15.0 Å². The van der Waals surface area contributed by atoms with E-state index in [0.717, 1.165) is 17.3 Å². The lowest BCUT2D eigenvalue weighted by molar-refractivity contribution is -0.147. The number of hydrogen-bond acceptors (Lipinski definition) is 5. The van der Waals surface area contributed by atoms with Gasteiger partial charge in [0.05, 0.1) is 0 Å². The number of carbonyl (C=O) groups is 3. The second-order valence-corrected chi connectivity index (χ2v) is 6.16. The molecule has 0 spiro atoms. The van der Waals surface area contributed by atoms with Crippen molar-refractivity contribution in [1.82, 2.24) is 4.90 Å². The van der Waals surface area contributed by atoms with Crippen molar-refractivity contribution in [2.75, 3.05) is 30.8 Å². The molecule has 1 heterocycles. The molecule has 1 aromatic carbocycles. The van der Waals surface area contributed by atoms with Gasteiger partial charge in [0.1, 0.15) is 6.54 Å². The van der Waals surface area contributed by atoms with Gasteiger partial charge in [0.25, 0.3) is 11.1 Å². The summed E-state index contributed by atoms with van der Waals surface area (Å²) in [6.45, 7) is 1.84. The molecule has 0 saturated carbocycles. The first-order chi connectivity index (χ1) is 10.5. The first kappa shape index (κ1) is 16.6. The number of carbonyl (C=O) groups excluding carboxylic acids is 3. The van der Waals surface area contributed by atoms with Crippen molar-refractivity contribution in [3.05, 3.63) is 28.8 Å². The average Bonchev–Trinajstić information content (AvgIpc) is 2.86. The largest absolute Gasteiger partial charge is 0.454 e. The van der Waals surface area contributed by atoms with Crippen LogP contribution in [0.2, 0.25) is 5.02 Å². The van der Waals surface area contributed by atoms with E-state index in [9.17, 15) is 14.4 Å². The zero-order chi connectivity index (χ0) is 16.1. The first-order valence-electron chi connectivity index (χ1n) is 6.59. The minimum absolute atomic E-state index is 0.129. The van der Waals surface area contributed by atoms with Crippen LogP contribution in [0.25, 0.3) is 0 Å².